The molecule has 0 aliphatic rings. The lowest BCUT2D eigenvalue weighted by atomic mass is 10.2. The molecule has 3 rings (SSSR count). The Kier molecular flexibility index (Phi) is 6.23. The maximum Gasteiger partial charge on any atom is 0.340 e. The number of halogens is 4. The molecule has 0 aliphatic carbocycles. The van der Waals surface area contributed by atoms with Crippen LogP contribution >= 0.6 is 11.8 Å². The Bertz CT molecular complexity index is 919. The van der Waals surface area contributed by atoms with Gasteiger partial charge in [0.1, 0.15) is 11.6 Å². The van der Waals surface area contributed by atoms with E-state index in [-0.39, 0.29) is 5.75 Å². The fraction of sp³-hybridized carbons (Fsp3) is 0.263. The summed E-state index contributed by atoms with van der Waals surface area (Å²) in [6, 6.07) is 9.08. The maximum absolute atomic E-state index is 13.1. The zero-order valence-electron chi connectivity index (χ0n) is 14.8. The molecule has 0 atom stereocenters. The van der Waals surface area contributed by atoms with Crippen LogP contribution in [0.5, 0.6) is 5.75 Å². The van der Waals surface area contributed by atoms with E-state index in [9.17, 15) is 17.6 Å². The number of aromatic amines is 1. The molecule has 0 saturated heterocycles. The third-order valence-electron chi connectivity index (χ3n) is 4.00. The van der Waals surface area contributed by atoms with E-state index in [0.29, 0.717) is 17.0 Å². The van der Waals surface area contributed by atoms with Crippen LogP contribution in [0.1, 0.15) is 11.3 Å². The number of thioether (sulfide) groups is 1. The number of nitrogens with zero attached hydrogens (tertiary/aromatic N) is 2. The standard InChI is InChI=1S/C19H17F4N3OS/c1-12-14(24-7-6-15(12)27-11-19(22,23)18(20)21)10-28-16-5-3-2-4-13(16)17-25-8-9-26-17/h2-9,18H,10-11H2,1H3,(H,25,26). The highest BCUT2D eigenvalue weighted by Gasteiger charge is 2.41. The summed E-state index contributed by atoms with van der Waals surface area (Å²) in [5, 5.41) is 0. The minimum Gasteiger partial charge on any atom is -0.487 e. The number of aromatic nitrogens is 3. The Balaban J connectivity index is 1.73. The fourth-order valence-corrected chi connectivity index (χ4v) is 3.52. The van der Waals surface area contributed by atoms with Crippen molar-refractivity contribution in [3.63, 3.8) is 0 Å². The molecule has 0 amide bonds. The van der Waals surface area contributed by atoms with Crippen molar-refractivity contribution in [1.29, 1.82) is 0 Å². The number of alkyl halides is 4. The van der Waals surface area contributed by atoms with Gasteiger partial charge in [0, 0.05) is 40.4 Å². The fourth-order valence-electron chi connectivity index (χ4n) is 2.44. The summed E-state index contributed by atoms with van der Waals surface area (Å²) in [6.07, 6.45) is 1.04. The third-order valence-corrected chi connectivity index (χ3v) is 5.09. The van der Waals surface area contributed by atoms with Gasteiger partial charge in [-0.25, -0.2) is 13.8 Å². The summed E-state index contributed by atoms with van der Waals surface area (Å²) < 4.78 is 55.8. The van der Waals surface area contributed by atoms with E-state index in [4.69, 9.17) is 4.74 Å². The molecule has 0 radical (unpaired) electrons. The first-order chi connectivity index (χ1) is 13.4. The van der Waals surface area contributed by atoms with Gasteiger partial charge in [-0.05, 0) is 19.1 Å². The molecule has 2 aromatic heterocycles. The lowest BCUT2D eigenvalue weighted by Crippen LogP contribution is -2.33. The maximum atomic E-state index is 13.1. The Hall–Kier alpha value is -2.55. The normalized spacial score (nSPS) is 11.8. The second-order valence-electron chi connectivity index (χ2n) is 5.95. The van der Waals surface area contributed by atoms with E-state index in [2.05, 4.69) is 15.0 Å². The summed E-state index contributed by atoms with van der Waals surface area (Å²) in [4.78, 5) is 12.6. The summed E-state index contributed by atoms with van der Waals surface area (Å²) >= 11 is 1.50. The molecule has 0 aliphatic heterocycles. The van der Waals surface area contributed by atoms with Gasteiger partial charge in [-0.3, -0.25) is 4.98 Å². The summed E-state index contributed by atoms with van der Waals surface area (Å²) in [7, 11) is 0. The summed E-state index contributed by atoms with van der Waals surface area (Å²) in [5.74, 6) is -2.90. The van der Waals surface area contributed by atoms with Crippen molar-refractivity contribution in [3.05, 3.63) is 60.2 Å². The van der Waals surface area contributed by atoms with Crippen LogP contribution in [0.4, 0.5) is 17.6 Å². The second kappa shape index (κ2) is 8.64. The summed E-state index contributed by atoms with van der Waals surface area (Å²) in [5.41, 5.74) is 2.09. The number of ether oxygens (including phenoxy) is 1. The minimum absolute atomic E-state index is 0.116. The Morgan fingerprint density at radius 3 is 2.64 bits per heavy atom. The number of nitrogens with one attached hydrogen (secondary N) is 1. The van der Waals surface area contributed by atoms with E-state index in [1.807, 2.05) is 24.3 Å². The molecule has 1 N–H and O–H groups in total. The Morgan fingerprint density at radius 2 is 1.93 bits per heavy atom. The number of hydrogen-bond acceptors (Lipinski definition) is 4. The van der Waals surface area contributed by atoms with E-state index in [0.717, 1.165) is 16.3 Å². The second-order valence-corrected chi connectivity index (χ2v) is 6.97. The van der Waals surface area contributed by atoms with E-state index < -0.39 is 19.0 Å². The van der Waals surface area contributed by atoms with Crippen LogP contribution in [0.25, 0.3) is 11.4 Å². The number of benzene rings is 1. The van der Waals surface area contributed by atoms with Crippen LogP contribution in [0, 0.1) is 6.92 Å². The van der Waals surface area contributed by atoms with Gasteiger partial charge < -0.3 is 9.72 Å². The van der Waals surface area contributed by atoms with E-state index in [1.54, 1.807) is 19.3 Å². The molecule has 0 saturated carbocycles. The molecule has 0 bridgehead atoms. The lowest BCUT2D eigenvalue weighted by molar-refractivity contribution is -0.148. The monoisotopic (exact) mass is 411 g/mol. The number of H-pyrrole nitrogens is 1. The molecule has 148 valence electrons. The van der Waals surface area contributed by atoms with Crippen LogP contribution in [0.3, 0.4) is 0 Å². The molecular weight excluding hydrogens is 394 g/mol. The first-order valence-corrected chi connectivity index (χ1v) is 9.32. The molecule has 4 nitrogen and oxygen atoms in total. The van der Waals surface area contributed by atoms with Gasteiger partial charge in [0.2, 0.25) is 0 Å². The number of imidazole rings is 1. The van der Waals surface area contributed by atoms with Crippen LogP contribution in [-0.4, -0.2) is 33.9 Å². The van der Waals surface area contributed by atoms with Gasteiger partial charge in [0.25, 0.3) is 0 Å². The van der Waals surface area contributed by atoms with Crippen LogP contribution in [0.2, 0.25) is 0 Å². The Morgan fingerprint density at radius 1 is 1.14 bits per heavy atom. The average Bonchev–Trinajstić information content (AvgIpc) is 3.21. The molecule has 0 unspecified atom stereocenters. The smallest absolute Gasteiger partial charge is 0.340 e. The van der Waals surface area contributed by atoms with Gasteiger partial charge in [0.05, 0.1) is 5.69 Å². The lowest BCUT2D eigenvalue weighted by Gasteiger charge is -2.18. The van der Waals surface area contributed by atoms with Gasteiger partial charge >= 0.3 is 12.3 Å². The highest BCUT2D eigenvalue weighted by atomic mass is 32.2. The molecule has 28 heavy (non-hydrogen) atoms. The number of pyridine rings is 1. The number of rotatable bonds is 8. The SMILES string of the molecule is Cc1c(OCC(F)(F)C(F)F)ccnc1CSc1ccccc1-c1ncc[nH]1. The predicted octanol–water partition coefficient (Wildman–Crippen LogP) is 5.35. The van der Waals surface area contributed by atoms with Crippen molar-refractivity contribution in [2.45, 2.75) is 29.9 Å². The highest BCUT2D eigenvalue weighted by molar-refractivity contribution is 7.98. The van der Waals surface area contributed by atoms with Gasteiger partial charge in [-0.15, -0.1) is 11.8 Å². The third kappa shape index (κ3) is 4.64. The topological polar surface area (TPSA) is 50.8 Å². The largest absolute Gasteiger partial charge is 0.487 e. The first-order valence-electron chi connectivity index (χ1n) is 8.33. The zero-order chi connectivity index (χ0) is 20.1. The first kappa shape index (κ1) is 20.2. The Labute approximate surface area is 163 Å². The van der Waals surface area contributed by atoms with E-state index >= 15 is 0 Å². The summed E-state index contributed by atoms with van der Waals surface area (Å²) in [6.45, 7) is 0.278. The predicted molar refractivity (Wildman–Crippen MR) is 99.0 cm³/mol. The highest BCUT2D eigenvalue weighted by Crippen LogP contribution is 2.33. The number of hydrogen-bond donors (Lipinski definition) is 1. The molecular formula is C19H17F4N3OS. The zero-order valence-corrected chi connectivity index (χ0v) is 15.6. The van der Waals surface area contributed by atoms with Crippen molar-refractivity contribution in [2.24, 2.45) is 0 Å². The van der Waals surface area contributed by atoms with Crippen LogP contribution in [0.15, 0.2) is 53.8 Å². The van der Waals surface area contributed by atoms with Crippen LogP contribution < -0.4 is 4.74 Å². The van der Waals surface area contributed by atoms with E-state index in [1.165, 1.54) is 24.0 Å². The molecule has 0 fully saturated rings. The van der Waals surface area contributed by atoms with Crippen LogP contribution in [-0.2, 0) is 5.75 Å². The van der Waals surface area contributed by atoms with Crippen molar-refractivity contribution in [1.82, 2.24) is 15.0 Å². The van der Waals surface area contributed by atoms with Crippen molar-refractivity contribution in [2.75, 3.05) is 6.61 Å². The molecule has 2 heterocycles. The van der Waals surface area contributed by atoms with Crippen molar-refractivity contribution < 1.29 is 22.3 Å². The average molecular weight is 411 g/mol. The molecule has 1 aromatic carbocycles. The molecule has 9 heteroatoms. The quantitative estimate of drug-likeness (QED) is 0.401. The van der Waals surface area contributed by atoms with Gasteiger partial charge in [0.15, 0.2) is 6.61 Å². The van der Waals surface area contributed by atoms with Gasteiger partial charge in [-0.2, -0.15) is 8.78 Å². The van der Waals surface area contributed by atoms with Crippen molar-refractivity contribution in [3.8, 4) is 17.1 Å². The molecule has 3 aromatic rings. The minimum atomic E-state index is -4.20. The van der Waals surface area contributed by atoms with Gasteiger partial charge in [-0.1, -0.05) is 18.2 Å². The molecule has 0 spiro atoms. The van der Waals surface area contributed by atoms with Crippen molar-refractivity contribution >= 4 is 11.8 Å².